The van der Waals surface area contributed by atoms with Gasteiger partial charge in [0.05, 0.1) is 13.7 Å². The van der Waals surface area contributed by atoms with E-state index in [0.29, 0.717) is 28.9 Å². The molecule has 0 aliphatic rings. The van der Waals surface area contributed by atoms with E-state index in [1.807, 2.05) is 34.6 Å². The number of rotatable bonds is 7. The predicted octanol–water partition coefficient (Wildman–Crippen LogP) is 8.19. The molecule has 0 aliphatic heterocycles. The highest BCUT2D eigenvalue weighted by atomic mass is 16.7. The third-order valence-electron chi connectivity index (χ3n) is 3.08. The summed E-state index contributed by atoms with van der Waals surface area (Å²) in [7, 11) is 2.81. The molecule has 0 aliphatic carbocycles. The Labute approximate surface area is 253 Å². The van der Waals surface area contributed by atoms with Gasteiger partial charge in [0.25, 0.3) is 0 Å². The Hall–Kier alpha value is -3.20. The van der Waals surface area contributed by atoms with Gasteiger partial charge in [0.2, 0.25) is 5.79 Å². The molecule has 0 radical (unpaired) electrons. The fraction of sp³-hybridized carbons (Fsp3) is 0.625. The van der Waals surface area contributed by atoms with Gasteiger partial charge in [-0.25, -0.2) is 19.2 Å². The van der Waals surface area contributed by atoms with Crippen molar-refractivity contribution < 1.29 is 42.9 Å². The van der Waals surface area contributed by atoms with Gasteiger partial charge in [-0.05, 0) is 55.4 Å². The smallest absolute Gasteiger partial charge is 0.335 e. The number of hydrogen-bond acceptors (Lipinski definition) is 9. The lowest BCUT2D eigenvalue weighted by Gasteiger charge is -2.22. The van der Waals surface area contributed by atoms with E-state index >= 15 is 0 Å². The summed E-state index contributed by atoms with van der Waals surface area (Å²) in [5, 5.41) is 0. The maximum Gasteiger partial charge on any atom is 0.335 e. The fourth-order valence-corrected chi connectivity index (χ4v) is 1.15. The van der Waals surface area contributed by atoms with Gasteiger partial charge in [0, 0.05) is 43.2 Å². The molecular formula is C32H64O9. The van der Waals surface area contributed by atoms with Crippen LogP contribution >= 0.6 is 0 Å². The predicted molar refractivity (Wildman–Crippen MR) is 172 cm³/mol. The number of carbonyl (C=O) groups excluding carboxylic acids is 4. The lowest BCUT2D eigenvalue weighted by molar-refractivity contribution is -0.201. The van der Waals surface area contributed by atoms with Crippen molar-refractivity contribution >= 4 is 23.9 Å². The minimum absolute atomic E-state index is 0. The molecule has 0 rings (SSSR count). The van der Waals surface area contributed by atoms with Gasteiger partial charge in [-0.3, -0.25) is 0 Å². The molecule has 0 bridgehead atoms. The van der Waals surface area contributed by atoms with Crippen LogP contribution in [-0.4, -0.2) is 56.1 Å². The van der Waals surface area contributed by atoms with Crippen molar-refractivity contribution in [1.29, 1.82) is 0 Å². The maximum atomic E-state index is 10.9. The average Bonchev–Trinajstić information content (AvgIpc) is 2.79. The van der Waals surface area contributed by atoms with E-state index in [4.69, 9.17) is 14.2 Å². The van der Waals surface area contributed by atoms with Gasteiger partial charge in [0.15, 0.2) is 0 Å². The first-order valence-electron chi connectivity index (χ1n) is 12.0. The van der Waals surface area contributed by atoms with Gasteiger partial charge >= 0.3 is 23.9 Å². The van der Waals surface area contributed by atoms with Crippen molar-refractivity contribution in [1.82, 2.24) is 0 Å². The van der Waals surface area contributed by atoms with Crippen LogP contribution in [0.5, 0.6) is 0 Å². The molecule has 9 nitrogen and oxygen atoms in total. The van der Waals surface area contributed by atoms with Gasteiger partial charge in [0.1, 0.15) is 5.60 Å². The second-order valence-corrected chi connectivity index (χ2v) is 8.83. The van der Waals surface area contributed by atoms with Crippen molar-refractivity contribution in [2.75, 3.05) is 20.8 Å². The molecule has 0 N–H and O–H groups in total. The van der Waals surface area contributed by atoms with Crippen LogP contribution in [0.3, 0.4) is 0 Å². The van der Waals surface area contributed by atoms with Crippen LogP contribution in [0.4, 0.5) is 0 Å². The summed E-state index contributed by atoms with van der Waals surface area (Å²) >= 11 is 0. The van der Waals surface area contributed by atoms with Crippen LogP contribution in [0, 0.1) is 0 Å². The second kappa shape index (κ2) is 31.3. The molecule has 0 saturated heterocycles. The van der Waals surface area contributed by atoms with E-state index in [9.17, 15) is 19.2 Å². The van der Waals surface area contributed by atoms with Crippen molar-refractivity contribution in [2.24, 2.45) is 0 Å². The van der Waals surface area contributed by atoms with Crippen LogP contribution < -0.4 is 0 Å². The molecular weight excluding hydrogens is 528 g/mol. The van der Waals surface area contributed by atoms with E-state index in [-0.39, 0.29) is 40.2 Å². The summed E-state index contributed by atoms with van der Waals surface area (Å²) in [5.41, 5.74) is 1.29. The van der Waals surface area contributed by atoms with Gasteiger partial charge in [-0.1, -0.05) is 62.4 Å². The normalized spacial score (nSPS) is 8.63. The van der Waals surface area contributed by atoms with Crippen molar-refractivity contribution in [3.05, 3.63) is 48.6 Å². The Morgan fingerprint density at radius 2 is 0.878 bits per heavy atom. The Morgan fingerprint density at radius 1 is 0.585 bits per heavy atom. The molecule has 0 amide bonds. The molecule has 0 spiro atoms. The highest BCUT2D eigenvalue weighted by molar-refractivity contribution is 5.88. The van der Waals surface area contributed by atoms with Crippen LogP contribution in [0.1, 0.15) is 105 Å². The number of carbonyl (C=O) groups is 4. The molecule has 0 aromatic rings. The highest BCUT2D eigenvalue weighted by Crippen LogP contribution is 2.11. The molecule has 0 heterocycles. The van der Waals surface area contributed by atoms with Gasteiger partial charge in [-0.2, -0.15) is 0 Å². The molecule has 246 valence electrons. The van der Waals surface area contributed by atoms with Crippen LogP contribution in [0.25, 0.3) is 0 Å². The summed E-state index contributed by atoms with van der Waals surface area (Å²) in [5.74, 6) is -2.28. The van der Waals surface area contributed by atoms with Gasteiger partial charge < -0.3 is 23.7 Å². The topological polar surface area (TPSA) is 114 Å². The number of hydrogen-bond donors (Lipinski definition) is 0. The third kappa shape index (κ3) is 47.0. The summed E-state index contributed by atoms with van der Waals surface area (Å²) in [6.07, 6.45) is 0. The second-order valence-electron chi connectivity index (χ2n) is 8.83. The lowest BCUT2D eigenvalue weighted by Crippen LogP contribution is -2.30. The molecule has 9 heteroatoms. The number of esters is 4. The van der Waals surface area contributed by atoms with E-state index in [0.717, 1.165) is 0 Å². The molecule has 0 fully saturated rings. The zero-order valence-corrected chi connectivity index (χ0v) is 26.2. The first kappa shape index (κ1) is 57.6. The van der Waals surface area contributed by atoms with E-state index in [1.54, 1.807) is 48.5 Å². The monoisotopic (exact) mass is 592 g/mol. The number of methoxy groups -OCH3 is 2. The van der Waals surface area contributed by atoms with Crippen LogP contribution in [-0.2, 0) is 42.9 Å². The van der Waals surface area contributed by atoms with E-state index in [2.05, 4.69) is 35.8 Å². The third-order valence-corrected chi connectivity index (χ3v) is 3.08. The van der Waals surface area contributed by atoms with Crippen LogP contribution in [0.15, 0.2) is 48.6 Å². The zero-order chi connectivity index (χ0) is 31.9. The highest BCUT2D eigenvalue weighted by Gasteiger charge is 2.21. The molecule has 0 atom stereocenters. The lowest BCUT2D eigenvalue weighted by atomic mass is 10.2. The summed E-state index contributed by atoms with van der Waals surface area (Å²) < 4.78 is 23.6. The standard InChI is InChI=1S/C8H14O3.C8H14O2.C6H10O2.C5H8O2.C2H6.3CH4/c1-6(2)7(9)11-8(3,4)10-5;1-6(2)7(9)10-8(3,4)5;1-4-8-6(7)5(2)3;1-4(2)5(6)7-3;1-2;;;/h1H2,2-5H3;1H2,2-5H3;2,4H2,1,3H3;1H2,2-3H3;1-2H3;3*1H4. The summed E-state index contributed by atoms with van der Waals surface area (Å²) in [6.45, 7) is 35.1. The molecule has 41 heavy (non-hydrogen) atoms. The Balaban J connectivity index is -0.0000000571. The molecule has 0 aromatic heterocycles. The van der Waals surface area contributed by atoms with E-state index in [1.165, 1.54) is 14.2 Å². The Morgan fingerprint density at radius 3 is 1.00 bits per heavy atom. The minimum Gasteiger partial charge on any atom is -0.466 e. The van der Waals surface area contributed by atoms with Crippen molar-refractivity contribution in [2.45, 2.75) is 117 Å². The number of ether oxygens (including phenoxy) is 5. The van der Waals surface area contributed by atoms with Crippen molar-refractivity contribution in [3.8, 4) is 0 Å². The summed E-state index contributed by atoms with van der Waals surface area (Å²) in [6, 6.07) is 0. The van der Waals surface area contributed by atoms with Gasteiger partial charge in [-0.15, -0.1) is 0 Å². The Bertz CT molecular complexity index is 783. The quantitative estimate of drug-likeness (QED) is 0.125. The Kier molecular flexibility index (Phi) is 44.0. The molecule has 0 aromatic carbocycles. The molecule has 0 saturated carbocycles. The average molecular weight is 593 g/mol. The first-order valence-corrected chi connectivity index (χ1v) is 12.0. The minimum atomic E-state index is -0.865. The van der Waals surface area contributed by atoms with E-state index < -0.39 is 17.4 Å². The summed E-state index contributed by atoms with van der Waals surface area (Å²) in [4.78, 5) is 42.4. The SMILES string of the molecule is C.C.C.C=C(C)C(=O)OC.C=C(C)C(=O)OC(C)(C)C.C=C(C)C(=O)OC(C)(C)OC.C=C(C)C(=O)OCC.CC. The van der Waals surface area contributed by atoms with Crippen molar-refractivity contribution in [3.63, 3.8) is 0 Å². The largest absolute Gasteiger partial charge is 0.466 e. The molecule has 0 unspecified atom stereocenters. The fourth-order valence-electron chi connectivity index (χ4n) is 1.15. The maximum absolute atomic E-state index is 10.9. The zero-order valence-electron chi connectivity index (χ0n) is 26.2. The van der Waals surface area contributed by atoms with Crippen LogP contribution in [0.2, 0.25) is 0 Å². The first-order chi connectivity index (χ1) is 17.1.